The maximum absolute atomic E-state index is 11.9. The molecule has 0 aromatic heterocycles. The number of rotatable bonds is 3. The monoisotopic (exact) mass is 275 g/mol. The topological polar surface area (TPSA) is 84.6 Å². The number of nitro groups is 1. The third-order valence-electron chi connectivity index (χ3n) is 3.34. The van der Waals surface area contributed by atoms with Crippen molar-refractivity contribution in [2.45, 2.75) is 38.5 Å². The van der Waals surface area contributed by atoms with Crippen molar-refractivity contribution in [2.75, 3.05) is 0 Å². The van der Waals surface area contributed by atoms with Crippen LogP contribution in [0.25, 0.3) is 0 Å². The third-order valence-corrected chi connectivity index (χ3v) is 3.34. The lowest BCUT2D eigenvalue weighted by atomic mass is 10.2. The Hall–Kier alpha value is -2.24. The van der Waals surface area contributed by atoms with Gasteiger partial charge in [-0.05, 0) is 37.8 Å². The van der Waals surface area contributed by atoms with Crippen LogP contribution in [0, 0.1) is 10.1 Å². The minimum Gasteiger partial charge on any atom is -0.267 e. The molecule has 1 aliphatic rings. The molecule has 0 spiro atoms. The molecule has 0 heterocycles. The lowest BCUT2D eigenvalue weighted by Gasteiger charge is -2.03. The van der Waals surface area contributed by atoms with Gasteiger partial charge in [0.25, 0.3) is 11.6 Å². The molecule has 1 amide bonds. The molecule has 6 nitrogen and oxygen atoms in total. The summed E-state index contributed by atoms with van der Waals surface area (Å²) in [6.45, 7) is 0. The van der Waals surface area contributed by atoms with Gasteiger partial charge in [-0.2, -0.15) is 5.10 Å². The lowest BCUT2D eigenvalue weighted by Crippen LogP contribution is -2.19. The van der Waals surface area contributed by atoms with Crippen LogP contribution in [0.15, 0.2) is 29.4 Å². The molecule has 1 aromatic carbocycles. The second kappa shape index (κ2) is 6.79. The smallest absolute Gasteiger partial charge is 0.267 e. The first-order valence-electron chi connectivity index (χ1n) is 6.77. The summed E-state index contributed by atoms with van der Waals surface area (Å²) in [5, 5.41) is 14.7. The van der Waals surface area contributed by atoms with Crippen LogP contribution in [0.5, 0.6) is 0 Å². The SMILES string of the molecule is O=C(NN=C1CCCCCC1)c1ccc([N+](=O)[O-])cc1. The van der Waals surface area contributed by atoms with E-state index < -0.39 is 4.92 Å². The summed E-state index contributed by atoms with van der Waals surface area (Å²) in [7, 11) is 0. The Morgan fingerprint density at radius 2 is 1.70 bits per heavy atom. The maximum Gasteiger partial charge on any atom is 0.271 e. The number of hydrogen-bond acceptors (Lipinski definition) is 4. The van der Waals surface area contributed by atoms with Crippen LogP contribution in [-0.2, 0) is 0 Å². The van der Waals surface area contributed by atoms with Crippen molar-refractivity contribution in [2.24, 2.45) is 5.10 Å². The Bertz CT molecular complexity index is 513. The van der Waals surface area contributed by atoms with Crippen LogP contribution in [0.2, 0.25) is 0 Å². The van der Waals surface area contributed by atoms with Crippen LogP contribution in [0.1, 0.15) is 48.9 Å². The van der Waals surface area contributed by atoms with Crippen LogP contribution < -0.4 is 5.43 Å². The summed E-state index contributed by atoms with van der Waals surface area (Å²) < 4.78 is 0. The zero-order chi connectivity index (χ0) is 14.4. The molecule has 0 saturated heterocycles. The minimum absolute atomic E-state index is 0.0309. The first-order valence-corrected chi connectivity index (χ1v) is 6.77. The van der Waals surface area contributed by atoms with E-state index in [0.717, 1.165) is 31.4 Å². The zero-order valence-corrected chi connectivity index (χ0v) is 11.2. The van der Waals surface area contributed by atoms with E-state index in [2.05, 4.69) is 10.5 Å². The van der Waals surface area contributed by atoms with Crippen LogP contribution in [-0.4, -0.2) is 16.5 Å². The molecule has 20 heavy (non-hydrogen) atoms. The van der Waals surface area contributed by atoms with Gasteiger partial charge in [-0.25, -0.2) is 5.43 Å². The third kappa shape index (κ3) is 3.88. The number of hydrogen-bond donors (Lipinski definition) is 1. The normalized spacial score (nSPS) is 15.3. The molecule has 2 rings (SSSR count). The minimum atomic E-state index is -0.493. The Morgan fingerprint density at radius 1 is 1.10 bits per heavy atom. The molecule has 1 aromatic rings. The highest BCUT2D eigenvalue weighted by Gasteiger charge is 2.10. The first-order chi connectivity index (χ1) is 9.66. The zero-order valence-electron chi connectivity index (χ0n) is 11.2. The van der Waals surface area contributed by atoms with Gasteiger partial charge in [0.2, 0.25) is 0 Å². The average molecular weight is 275 g/mol. The molecule has 1 aliphatic carbocycles. The van der Waals surface area contributed by atoms with E-state index in [1.54, 1.807) is 0 Å². The van der Waals surface area contributed by atoms with Crippen molar-refractivity contribution < 1.29 is 9.72 Å². The van der Waals surface area contributed by atoms with Gasteiger partial charge in [-0.1, -0.05) is 12.8 Å². The number of non-ortho nitro benzene ring substituents is 1. The van der Waals surface area contributed by atoms with E-state index in [1.807, 2.05) is 0 Å². The Kier molecular flexibility index (Phi) is 4.81. The summed E-state index contributed by atoms with van der Waals surface area (Å²) in [6, 6.07) is 5.49. The summed E-state index contributed by atoms with van der Waals surface area (Å²) in [5.74, 6) is -0.336. The molecule has 0 radical (unpaired) electrons. The van der Waals surface area contributed by atoms with Gasteiger partial charge in [0.1, 0.15) is 0 Å². The average Bonchev–Trinajstić information content (AvgIpc) is 2.73. The highest BCUT2D eigenvalue weighted by molar-refractivity contribution is 5.95. The molecule has 0 atom stereocenters. The predicted molar refractivity (Wildman–Crippen MR) is 75.7 cm³/mol. The van der Waals surface area contributed by atoms with Crippen LogP contribution >= 0.6 is 0 Å². The summed E-state index contributed by atoms with van der Waals surface area (Å²) in [4.78, 5) is 21.9. The maximum atomic E-state index is 11.9. The van der Waals surface area contributed by atoms with Crippen molar-refractivity contribution >= 4 is 17.3 Å². The van der Waals surface area contributed by atoms with Gasteiger partial charge in [-0.15, -0.1) is 0 Å². The molecule has 1 fully saturated rings. The molecule has 0 bridgehead atoms. The Balaban J connectivity index is 1.97. The number of benzene rings is 1. The molecule has 1 saturated carbocycles. The van der Waals surface area contributed by atoms with E-state index >= 15 is 0 Å². The predicted octanol–water partition coefficient (Wildman–Crippen LogP) is 3.03. The fraction of sp³-hybridized carbons (Fsp3) is 0.429. The quantitative estimate of drug-likeness (QED) is 0.522. The number of nitrogens with one attached hydrogen (secondary N) is 1. The van der Waals surface area contributed by atoms with Crippen molar-refractivity contribution in [3.05, 3.63) is 39.9 Å². The molecule has 0 aliphatic heterocycles. The van der Waals surface area contributed by atoms with E-state index in [4.69, 9.17) is 0 Å². The number of nitrogens with zero attached hydrogens (tertiary/aromatic N) is 2. The summed E-state index contributed by atoms with van der Waals surface area (Å²) in [5.41, 5.74) is 3.89. The van der Waals surface area contributed by atoms with E-state index in [0.29, 0.717) is 5.56 Å². The van der Waals surface area contributed by atoms with Crippen molar-refractivity contribution in [3.8, 4) is 0 Å². The number of hydrazone groups is 1. The Morgan fingerprint density at radius 3 is 2.25 bits per heavy atom. The molecular formula is C14H17N3O3. The van der Waals surface area contributed by atoms with Gasteiger partial charge in [0, 0.05) is 23.4 Å². The van der Waals surface area contributed by atoms with E-state index in [9.17, 15) is 14.9 Å². The van der Waals surface area contributed by atoms with E-state index in [-0.39, 0.29) is 11.6 Å². The lowest BCUT2D eigenvalue weighted by molar-refractivity contribution is -0.384. The van der Waals surface area contributed by atoms with Gasteiger partial charge in [0.15, 0.2) is 0 Å². The van der Waals surface area contributed by atoms with Gasteiger partial charge in [-0.3, -0.25) is 14.9 Å². The first kappa shape index (κ1) is 14.2. The van der Waals surface area contributed by atoms with Gasteiger partial charge in [0.05, 0.1) is 4.92 Å². The summed E-state index contributed by atoms with van der Waals surface area (Å²) >= 11 is 0. The van der Waals surface area contributed by atoms with Crippen LogP contribution in [0.3, 0.4) is 0 Å². The second-order valence-corrected chi connectivity index (χ2v) is 4.84. The second-order valence-electron chi connectivity index (χ2n) is 4.84. The van der Waals surface area contributed by atoms with E-state index in [1.165, 1.54) is 37.1 Å². The van der Waals surface area contributed by atoms with Gasteiger partial charge < -0.3 is 0 Å². The molecule has 106 valence electrons. The number of carbonyl (C=O) groups excluding carboxylic acids is 1. The van der Waals surface area contributed by atoms with Crippen LogP contribution in [0.4, 0.5) is 5.69 Å². The molecule has 1 N–H and O–H groups in total. The Labute approximate surface area is 117 Å². The van der Waals surface area contributed by atoms with Gasteiger partial charge >= 0.3 is 0 Å². The van der Waals surface area contributed by atoms with Crippen molar-refractivity contribution in [3.63, 3.8) is 0 Å². The fourth-order valence-corrected chi connectivity index (χ4v) is 2.18. The summed E-state index contributed by atoms with van der Waals surface area (Å²) in [6.07, 6.45) is 6.53. The molecular weight excluding hydrogens is 258 g/mol. The number of amides is 1. The molecule has 0 unspecified atom stereocenters. The van der Waals surface area contributed by atoms with Crippen molar-refractivity contribution in [1.82, 2.24) is 5.43 Å². The molecule has 6 heteroatoms. The largest absolute Gasteiger partial charge is 0.271 e. The fourth-order valence-electron chi connectivity index (χ4n) is 2.18. The highest BCUT2D eigenvalue weighted by atomic mass is 16.6. The number of carbonyl (C=O) groups is 1. The highest BCUT2D eigenvalue weighted by Crippen LogP contribution is 2.15. The van der Waals surface area contributed by atoms with Crippen molar-refractivity contribution in [1.29, 1.82) is 0 Å². The standard InChI is InChI=1S/C14H17N3O3/c18-14(11-7-9-13(10-8-11)17(19)20)16-15-12-5-3-1-2-4-6-12/h7-10H,1-6H2,(H,16,18). The number of nitro benzene ring substituents is 1.